The Kier molecular flexibility index (Phi) is 4.69. The van der Waals surface area contributed by atoms with Crippen LogP contribution in [0.1, 0.15) is 18.1 Å². The van der Waals surface area contributed by atoms with Gasteiger partial charge in [0, 0.05) is 15.6 Å². The zero-order chi connectivity index (χ0) is 18.1. The maximum absolute atomic E-state index is 12.6. The molecule has 1 N–H and O–H groups in total. The maximum Gasteiger partial charge on any atom is 0.344 e. The van der Waals surface area contributed by atoms with Crippen molar-refractivity contribution in [2.45, 2.75) is 17.4 Å². The second-order valence-electron chi connectivity index (χ2n) is 5.33. The predicted molar refractivity (Wildman–Crippen MR) is 96.1 cm³/mol. The lowest BCUT2D eigenvalue weighted by Gasteiger charge is -2.20. The lowest BCUT2D eigenvalue weighted by Crippen LogP contribution is -2.46. The molecule has 2 aromatic carbocycles. The predicted octanol–water partition coefficient (Wildman–Crippen LogP) is 2.55. The molecule has 0 aromatic heterocycles. The summed E-state index contributed by atoms with van der Waals surface area (Å²) in [4.78, 5) is 12.7. The Labute approximate surface area is 154 Å². The van der Waals surface area contributed by atoms with Crippen LogP contribution in [-0.2, 0) is 25.1 Å². The van der Waals surface area contributed by atoms with E-state index < -0.39 is 21.5 Å². The van der Waals surface area contributed by atoms with Crippen molar-refractivity contribution in [1.29, 1.82) is 0 Å². The van der Waals surface area contributed by atoms with E-state index in [1.54, 1.807) is 37.3 Å². The average molecular weight is 420 g/mol. The molecule has 0 radical (unpaired) electrons. The molecular formula is C18H14BrNO4S. The van der Waals surface area contributed by atoms with E-state index >= 15 is 0 Å². The Morgan fingerprint density at radius 1 is 1.20 bits per heavy atom. The van der Waals surface area contributed by atoms with Crippen LogP contribution in [0.25, 0.3) is 0 Å². The van der Waals surface area contributed by atoms with E-state index in [1.807, 2.05) is 12.1 Å². The van der Waals surface area contributed by atoms with Gasteiger partial charge in [-0.2, -0.15) is 4.72 Å². The van der Waals surface area contributed by atoms with Crippen molar-refractivity contribution in [2.24, 2.45) is 0 Å². The average Bonchev–Trinajstić information content (AvgIpc) is 2.84. The topological polar surface area (TPSA) is 72.5 Å². The highest BCUT2D eigenvalue weighted by atomic mass is 79.9. The Bertz CT molecular complexity index is 990. The molecule has 3 rings (SSSR count). The number of carbonyl (C=O) groups is 1. The molecule has 1 aliphatic rings. The molecule has 0 bridgehead atoms. The molecule has 0 spiro atoms. The minimum absolute atomic E-state index is 0.0353. The number of esters is 1. The fourth-order valence-electron chi connectivity index (χ4n) is 2.56. The number of sulfonamides is 1. The van der Waals surface area contributed by atoms with Crippen LogP contribution < -0.4 is 4.72 Å². The number of carbonyl (C=O) groups excluding carboxylic acids is 1. The quantitative estimate of drug-likeness (QED) is 0.599. The summed E-state index contributed by atoms with van der Waals surface area (Å²) in [6.45, 7) is 1.77. The molecule has 128 valence electrons. The molecule has 0 saturated heterocycles. The Balaban J connectivity index is 2.18. The second kappa shape index (κ2) is 6.64. The zero-order valence-corrected chi connectivity index (χ0v) is 15.6. The largest absolute Gasteiger partial charge is 0.464 e. The second-order valence-corrected chi connectivity index (χ2v) is 7.90. The summed E-state index contributed by atoms with van der Waals surface area (Å²) in [5.41, 5.74) is -0.827. The molecule has 0 saturated carbocycles. The first kappa shape index (κ1) is 17.7. The van der Waals surface area contributed by atoms with E-state index in [1.165, 1.54) is 6.07 Å². The van der Waals surface area contributed by atoms with Crippen LogP contribution in [0.2, 0.25) is 0 Å². The van der Waals surface area contributed by atoms with Crippen LogP contribution in [-0.4, -0.2) is 21.0 Å². The number of fused-ring (bicyclic) bond motifs is 1. The SMILES string of the molecule is CCOC(=O)[C@]1(C#Cc2ccc(Br)cc2)NS(=O)(=O)c2ccccc21. The van der Waals surface area contributed by atoms with E-state index in [0.717, 1.165) is 4.47 Å². The van der Waals surface area contributed by atoms with Crippen molar-refractivity contribution in [3.8, 4) is 11.8 Å². The summed E-state index contributed by atoms with van der Waals surface area (Å²) >= 11 is 3.34. The van der Waals surface area contributed by atoms with Gasteiger partial charge in [0.1, 0.15) is 0 Å². The van der Waals surface area contributed by atoms with Crippen LogP contribution in [0, 0.1) is 11.8 Å². The van der Waals surface area contributed by atoms with Gasteiger partial charge >= 0.3 is 5.97 Å². The van der Waals surface area contributed by atoms with Gasteiger partial charge in [-0.1, -0.05) is 46.0 Å². The van der Waals surface area contributed by atoms with Crippen LogP contribution >= 0.6 is 15.9 Å². The first-order chi connectivity index (χ1) is 11.9. The fourth-order valence-corrected chi connectivity index (χ4v) is 4.35. The van der Waals surface area contributed by atoms with Crippen molar-refractivity contribution in [2.75, 3.05) is 6.61 Å². The Morgan fingerprint density at radius 2 is 1.88 bits per heavy atom. The summed E-state index contributed by atoms with van der Waals surface area (Å²) in [6.07, 6.45) is 0. The minimum Gasteiger partial charge on any atom is -0.464 e. The van der Waals surface area contributed by atoms with E-state index in [4.69, 9.17) is 4.74 Å². The summed E-state index contributed by atoms with van der Waals surface area (Å²) in [5.74, 6) is 4.93. The standard InChI is InChI=1S/C18H14BrNO4S/c1-2-24-17(21)18(12-11-13-7-9-14(19)10-8-13)15-5-3-4-6-16(15)25(22,23)20-18/h3-10,20H,2H2,1H3/t18-/m1/s1. The molecule has 1 heterocycles. The highest BCUT2D eigenvalue weighted by Crippen LogP contribution is 2.36. The van der Waals surface area contributed by atoms with E-state index in [0.29, 0.717) is 5.56 Å². The minimum atomic E-state index is -3.85. The number of hydrogen-bond donors (Lipinski definition) is 1. The van der Waals surface area contributed by atoms with Crippen molar-refractivity contribution < 1.29 is 17.9 Å². The summed E-state index contributed by atoms with van der Waals surface area (Å²) in [7, 11) is -3.85. The lowest BCUT2D eigenvalue weighted by molar-refractivity contribution is -0.148. The van der Waals surface area contributed by atoms with Crippen molar-refractivity contribution in [3.05, 3.63) is 64.1 Å². The van der Waals surface area contributed by atoms with Crippen molar-refractivity contribution in [3.63, 3.8) is 0 Å². The number of nitrogens with one attached hydrogen (secondary N) is 1. The molecule has 2 aromatic rings. The van der Waals surface area contributed by atoms with Gasteiger partial charge in [0.05, 0.1) is 11.5 Å². The molecule has 7 heteroatoms. The molecule has 25 heavy (non-hydrogen) atoms. The van der Waals surface area contributed by atoms with Gasteiger partial charge in [0.15, 0.2) is 0 Å². The molecule has 0 unspecified atom stereocenters. The van der Waals surface area contributed by atoms with Gasteiger partial charge in [-0.05, 0) is 37.3 Å². The number of rotatable bonds is 2. The number of halogens is 1. The molecule has 5 nitrogen and oxygen atoms in total. The van der Waals surface area contributed by atoms with Crippen LogP contribution in [0.15, 0.2) is 57.9 Å². The third kappa shape index (κ3) is 3.21. The molecule has 1 aliphatic heterocycles. The molecule has 0 aliphatic carbocycles. The van der Waals surface area contributed by atoms with Crippen LogP contribution in [0.4, 0.5) is 0 Å². The monoisotopic (exact) mass is 419 g/mol. The number of ether oxygens (including phenoxy) is 1. The smallest absolute Gasteiger partial charge is 0.344 e. The highest BCUT2D eigenvalue weighted by Gasteiger charge is 2.52. The summed E-state index contributed by atoms with van der Waals surface area (Å²) < 4.78 is 33.3. The van der Waals surface area contributed by atoms with Gasteiger partial charge in [-0.25, -0.2) is 13.2 Å². The van der Waals surface area contributed by atoms with Gasteiger partial charge < -0.3 is 4.74 Å². The van der Waals surface area contributed by atoms with E-state index in [2.05, 4.69) is 32.5 Å². The van der Waals surface area contributed by atoms with Gasteiger partial charge in [0.2, 0.25) is 15.6 Å². The molecule has 0 fully saturated rings. The first-order valence-corrected chi connectivity index (χ1v) is 9.76. The van der Waals surface area contributed by atoms with Crippen molar-refractivity contribution in [1.82, 2.24) is 4.72 Å². The van der Waals surface area contributed by atoms with Crippen molar-refractivity contribution >= 4 is 31.9 Å². The zero-order valence-electron chi connectivity index (χ0n) is 13.2. The van der Waals surface area contributed by atoms with Gasteiger partial charge in [-0.3, -0.25) is 0 Å². The van der Waals surface area contributed by atoms with Crippen LogP contribution in [0.5, 0.6) is 0 Å². The lowest BCUT2D eigenvalue weighted by atomic mass is 9.91. The fraction of sp³-hybridized carbons (Fsp3) is 0.167. The van der Waals surface area contributed by atoms with Gasteiger partial charge in [0.25, 0.3) is 0 Å². The Hall–Kier alpha value is -2.14. The van der Waals surface area contributed by atoms with E-state index in [9.17, 15) is 13.2 Å². The normalized spacial score (nSPS) is 20.2. The van der Waals surface area contributed by atoms with Gasteiger partial charge in [-0.15, -0.1) is 0 Å². The highest BCUT2D eigenvalue weighted by molar-refractivity contribution is 9.10. The number of benzene rings is 2. The molecular weight excluding hydrogens is 406 g/mol. The maximum atomic E-state index is 12.6. The molecule has 1 atom stereocenters. The van der Waals surface area contributed by atoms with Crippen LogP contribution in [0.3, 0.4) is 0 Å². The van der Waals surface area contributed by atoms with E-state index in [-0.39, 0.29) is 17.1 Å². The third-order valence-corrected chi connectivity index (χ3v) is 5.73. The Morgan fingerprint density at radius 3 is 2.56 bits per heavy atom. The number of hydrogen-bond acceptors (Lipinski definition) is 4. The third-order valence-electron chi connectivity index (χ3n) is 3.69. The summed E-state index contributed by atoms with van der Waals surface area (Å²) in [6, 6.07) is 13.4. The molecule has 0 amide bonds. The first-order valence-electron chi connectivity index (χ1n) is 7.48. The summed E-state index contributed by atoms with van der Waals surface area (Å²) in [5, 5.41) is 0.